The lowest BCUT2D eigenvalue weighted by Crippen LogP contribution is -2.46. The highest BCUT2D eigenvalue weighted by atomic mass is 35.5. The molecule has 0 unspecified atom stereocenters. The molecule has 0 spiro atoms. The number of benzene rings is 2. The molecule has 3 saturated heterocycles. The molecule has 0 aromatic heterocycles. The van der Waals surface area contributed by atoms with E-state index >= 15 is 0 Å². The van der Waals surface area contributed by atoms with E-state index in [0.717, 1.165) is 30.5 Å². The molecule has 3 aliphatic heterocycles. The molecule has 2 aromatic carbocycles. The smallest absolute Gasteiger partial charge is 0.239 e. The second-order valence-electron chi connectivity index (χ2n) is 8.62. The number of amides is 2. The molecule has 5 nitrogen and oxygen atoms in total. The molecule has 0 radical (unpaired) electrons. The van der Waals surface area contributed by atoms with Crippen molar-refractivity contribution in [1.29, 1.82) is 0 Å². The number of nitrogens with zero attached hydrogens (tertiary/aromatic N) is 2. The summed E-state index contributed by atoms with van der Waals surface area (Å²) in [6.45, 7) is 4.64. The van der Waals surface area contributed by atoms with Crippen LogP contribution in [0.5, 0.6) is 0 Å². The lowest BCUT2D eigenvalue weighted by molar-refractivity contribution is -0.123. The fraction of sp³-hybridized carbons (Fsp3) is 0.375. The van der Waals surface area contributed by atoms with E-state index in [2.05, 4.69) is 4.90 Å². The highest BCUT2D eigenvalue weighted by molar-refractivity contribution is 6.30. The topological polar surface area (TPSA) is 57.7 Å². The van der Waals surface area contributed by atoms with Gasteiger partial charge in [0.1, 0.15) is 0 Å². The molecule has 5 rings (SSSR count). The van der Waals surface area contributed by atoms with Gasteiger partial charge in [0.25, 0.3) is 0 Å². The Kier molecular flexibility index (Phi) is 4.56. The van der Waals surface area contributed by atoms with E-state index in [1.165, 1.54) is 4.90 Å². The summed E-state index contributed by atoms with van der Waals surface area (Å²) in [4.78, 5) is 44.0. The first-order valence-corrected chi connectivity index (χ1v) is 10.8. The number of fused-ring (bicyclic) bond motifs is 3. The van der Waals surface area contributed by atoms with E-state index < -0.39 is 17.9 Å². The predicted molar refractivity (Wildman–Crippen MR) is 115 cm³/mol. The minimum absolute atomic E-state index is 0.0524. The monoisotopic (exact) mass is 422 g/mol. The SMILES string of the molecule is Cc1ccc(N2C(=O)[C@H]3[C@H](C2=O)[C@H](C(=O)c2ccc(Cl)cc2)N2CCC[C@H]32)c(C)c1. The van der Waals surface area contributed by atoms with Crippen LogP contribution < -0.4 is 4.90 Å². The molecule has 0 bridgehead atoms. The van der Waals surface area contributed by atoms with Crippen molar-refractivity contribution >= 4 is 34.9 Å². The zero-order valence-corrected chi connectivity index (χ0v) is 17.7. The third-order valence-electron chi connectivity index (χ3n) is 6.84. The van der Waals surface area contributed by atoms with Gasteiger partial charge in [0.15, 0.2) is 5.78 Å². The van der Waals surface area contributed by atoms with Crippen molar-refractivity contribution in [1.82, 2.24) is 4.90 Å². The van der Waals surface area contributed by atoms with Gasteiger partial charge in [-0.25, -0.2) is 4.90 Å². The van der Waals surface area contributed by atoms with Gasteiger partial charge in [0, 0.05) is 16.6 Å². The van der Waals surface area contributed by atoms with Crippen molar-refractivity contribution in [3.63, 3.8) is 0 Å². The number of imide groups is 1. The molecule has 0 aliphatic carbocycles. The average Bonchev–Trinajstić information content (AvgIpc) is 3.35. The van der Waals surface area contributed by atoms with Crippen molar-refractivity contribution < 1.29 is 14.4 Å². The van der Waals surface area contributed by atoms with Gasteiger partial charge in [-0.1, -0.05) is 29.3 Å². The maximum Gasteiger partial charge on any atom is 0.239 e. The van der Waals surface area contributed by atoms with Crippen molar-refractivity contribution in [2.75, 3.05) is 11.4 Å². The molecular weight excluding hydrogens is 400 g/mol. The number of halogens is 1. The van der Waals surface area contributed by atoms with Crippen molar-refractivity contribution in [3.05, 3.63) is 64.2 Å². The standard InChI is InChI=1S/C24H23ClN2O3/c1-13-5-10-17(14(2)12-13)27-23(29)19-18-4-3-11-26(18)21(20(19)24(27)30)22(28)15-6-8-16(25)9-7-15/h5-10,12,18-21H,3-4,11H2,1-2H3/t18-,19-,20+,21-/m1/s1. The van der Waals surface area contributed by atoms with Gasteiger partial charge < -0.3 is 0 Å². The highest BCUT2D eigenvalue weighted by Gasteiger charge is 2.64. The van der Waals surface area contributed by atoms with Crippen LogP contribution in [-0.4, -0.2) is 41.1 Å². The Morgan fingerprint density at radius 2 is 1.70 bits per heavy atom. The second kappa shape index (κ2) is 7.03. The van der Waals surface area contributed by atoms with E-state index in [1.54, 1.807) is 24.3 Å². The Morgan fingerprint density at radius 1 is 1.00 bits per heavy atom. The molecular formula is C24H23ClN2O3. The van der Waals surface area contributed by atoms with Crippen molar-refractivity contribution in [2.45, 2.75) is 38.8 Å². The lowest BCUT2D eigenvalue weighted by atomic mass is 9.85. The molecule has 154 valence electrons. The fourth-order valence-corrected chi connectivity index (χ4v) is 5.72. The number of hydrogen-bond acceptors (Lipinski definition) is 4. The Morgan fingerprint density at radius 3 is 2.40 bits per heavy atom. The van der Waals surface area contributed by atoms with E-state index in [-0.39, 0.29) is 23.6 Å². The maximum absolute atomic E-state index is 13.6. The van der Waals surface area contributed by atoms with Gasteiger partial charge in [0.2, 0.25) is 11.8 Å². The van der Waals surface area contributed by atoms with Gasteiger partial charge in [0.05, 0.1) is 23.6 Å². The van der Waals surface area contributed by atoms with E-state index in [4.69, 9.17) is 11.6 Å². The fourth-order valence-electron chi connectivity index (χ4n) is 5.59. The first-order chi connectivity index (χ1) is 14.4. The molecule has 6 heteroatoms. The maximum atomic E-state index is 13.6. The minimum atomic E-state index is -0.633. The molecule has 2 amide bonds. The average molecular weight is 423 g/mol. The molecule has 0 saturated carbocycles. The number of ketones is 1. The predicted octanol–water partition coefficient (Wildman–Crippen LogP) is 3.79. The summed E-state index contributed by atoms with van der Waals surface area (Å²) in [6, 6.07) is 11.8. The van der Waals surface area contributed by atoms with E-state index in [9.17, 15) is 14.4 Å². The van der Waals surface area contributed by atoms with E-state index in [0.29, 0.717) is 16.3 Å². The van der Waals surface area contributed by atoms with Gasteiger partial charge in [-0.2, -0.15) is 0 Å². The molecule has 3 heterocycles. The van der Waals surface area contributed by atoms with Crippen LogP contribution in [0.15, 0.2) is 42.5 Å². The molecule has 3 aliphatic rings. The van der Waals surface area contributed by atoms with Crippen LogP contribution in [0.2, 0.25) is 5.02 Å². The first kappa shape index (κ1) is 19.5. The van der Waals surface area contributed by atoms with Gasteiger partial charge in [-0.15, -0.1) is 0 Å². The molecule has 2 aromatic rings. The number of Topliss-reactive ketones (excluding diaryl/α,β-unsaturated/α-hetero) is 1. The number of anilines is 1. The Balaban J connectivity index is 1.56. The zero-order valence-electron chi connectivity index (χ0n) is 17.0. The first-order valence-electron chi connectivity index (χ1n) is 10.4. The number of hydrogen-bond donors (Lipinski definition) is 0. The van der Waals surface area contributed by atoms with Crippen LogP contribution in [-0.2, 0) is 9.59 Å². The minimum Gasteiger partial charge on any atom is -0.292 e. The van der Waals surface area contributed by atoms with Crippen LogP contribution in [0.1, 0.15) is 34.3 Å². The molecule has 4 atom stereocenters. The van der Waals surface area contributed by atoms with Crippen LogP contribution >= 0.6 is 11.6 Å². The summed E-state index contributed by atoms with van der Waals surface area (Å²) in [5.41, 5.74) is 3.13. The third kappa shape index (κ3) is 2.76. The summed E-state index contributed by atoms with van der Waals surface area (Å²) in [6.07, 6.45) is 1.77. The summed E-state index contributed by atoms with van der Waals surface area (Å²) < 4.78 is 0. The van der Waals surface area contributed by atoms with Crippen molar-refractivity contribution in [3.8, 4) is 0 Å². The summed E-state index contributed by atoms with van der Waals surface area (Å²) in [5.74, 6) is -1.61. The van der Waals surface area contributed by atoms with Crippen LogP contribution in [0.4, 0.5) is 5.69 Å². The zero-order chi connectivity index (χ0) is 21.2. The van der Waals surface area contributed by atoms with Crippen LogP contribution in [0.25, 0.3) is 0 Å². The third-order valence-corrected chi connectivity index (χ3v) is 7.09. The summed E-state index contributed by atoms with van der Waals surface area (Å²) in [7, 11) is 0. The largest absolute Gasteiger partial charge is 0.292 e. The Labute approximate surface area is 180 Å². The Hall–Kier alpha value is -2.50. The van der Waals surface area contributed by atoms with Crippen LogP contribution in [0, 0.1) is 25.7 Å². The van der Waals surface area contributed by atoms with E-state index in [1.807, 2.05) is 32.0 Å². The Bertz CT molecular complexity index is 1060. The number of aryl methyl sites for hydroxylation is 2. The number of carbonyl (C=O) groups excluding carboxylic acids is 3. The highest BCUT2D eigenvalue weighted by Crippen LogP contribution is 2.48. The molecule has 3 fully saturated rings. The normalized spacial score (nSPS) is 28.2. The molecule has 30 heavy (non-hydrogen) atoms. The summed E-state index contributed by atoms with van der Waals surface area (Å²) in [5, 5.41) is 0.558. The number of carbonyl (C=O) groups is 3. The van der Waals surface area contributed by atoms with Gasteiger partial charge >= 0.3 is 0 Å². The van der Waals surface area contributed by atoms with Crippen molar-refractivity contribution in [2.24, 2.45) is 11.8 Å². The van der Waals surface area contributed by atoms with Gasteiger partial charge in [-0.05, 0) is 69.1 Å². The number of rotatable bonds is 3. The quantitative estimate of drug-likeness (QED) is 0.557. The summed E-state index contributed by atoms with van der Waals surface area (Å²) >= 11 is 5.98. The second-order valence-corrected chi connectivity index (χ2v) is 9.05. The van der Waals surface area contributed by atoms with Crippen LogP contribution in [0.3, 0.4) is 0 Å². The van der Waals surface area contributed by atoms with Gasteiger partial charge in [-0.3, -0.25) is 19.3 Å². The molecule has 0 N–H and O–H groups in total. The lowest BCUT2D eigenvalue weighted by Gasteiger charge is -2.28.